The molecule has 0 spiro atoms. The third kappa shape index (κ3) is 3.53. The van der Waals surface area contributed by atoms with E-state index in [1.54, 1.807) is 23.5 Å². The highest BCUT2D eigenvalue weighted by Crippen LogP contribution is 2.39. The van der Waals surface area contributed by atoms with E-state index in [1.807, 2.05) is 23.2 Å². The highest BCUT2D eigenvalue weighted by molar-refractivity contribution is 7.12. The molecule has 2 heterocycles. The standard InChI is InChI=1S/C21H18ClN3O2S/c1-14-11-18(21(13-22)28-14)19-12-20(15-5-3-2-4-6-15)24(23-19)16-7-9-17(10-8-16)25(26)27/h2-11,20H,12-13H2,1H3/t20-/m0/s1. The van der Waals surface area contributed by atoms with E-state index < -0.39 is 4.92 Å². The van der Waals surface area contributed by atoms with Crippen molar-refractivity contribution in [2.45, 2.75) is 25.3 Å². The number of benzene rings is 2. The molecule has 7 heteroatoms. The zero-order chi connectivity index (χ0) is 19.7. The number of aryl methyl sites for hydroxylation is 1. The van der Waals surface area contributed by atoms with Crippen LogP contribution in [0.3, 0.4) is 0 Å². The van der Waals surface area contributed by atoms with Crippen molar-refractivity contribution in [3.8, 4) is 0 Å². The number of nitro groups is 1. The van der Waals surface area contributed by atoms with Crippen LogP contribution >= 0.6 is 22.9 Å². The Morgan fingerprint density at radius 1 is 1.21 bits per heavy atom. The van der Waals surface area contributed by atoms with Crippen LogP contribution < -0.4 is 5.01 Å². The Morgan fingerprint density at radius 3 is 2.57 bits per heavy atom. The van der Waals surface area contributed by atoms with Crippen molar-refractivity contribution in [2.75, 3.05) is 5.01 Å². The molecular formula is C21H18ClN3O2S. The van der Waals surface area contributed by atoms with Crippen molar-refractivity contribution in [2.24, 2.45) is 5.10 Å². The van der Waals surface area contributed by atoms with Gasteiger partial charge in [0.15, 0.2) is 0 Å². The number of rotatable bonds is 5. The van der Waals surface area contributed by atoms with E-state index in [9.17, 15) is 10.1 Å². The summed E-state index contributed by atoms with van der Waals surface area (Å²) in [4.78, 5) is 12.9. The molecule has 0 saturated carbocycles. The summed E-state index contributed by atoms with van der Waals surface area (Å²) in [6.07, 6.45) is 0.751. The van der Waals surface area contributed by atoms with Crippen LogP contribution in [0.2, 0.25) is 0 Å². The maximum Gasteiger partial charge on any atom is 0.269 e. The topological polar surface area (TPSA) is 58.7 Å². The molecule has 1 aliphatic rings. The Hall–Kier alpha value is -2.70. The number of alkyl halides is 1. The second-order valence-corrected chi connectivity index (χ2v) is 8.23. The van der Waals surface area contributed by atoms with Gasteiger partial charge in [-0.15, -0.1) is 22.9 Å². The van der Waals surface area contributed by atoms with Gasteiger partial charge in [-0.2, -0.15) is 5.10 Å². The lowest BCUT2D eigenvalue weighted by Gasteiger charge is -2.23. The second-order valence-electron chi connectivity index (χ2n) is 6.62. The fraction of sp³-hybridized carbons (Fsp3) is 0.190. The summed E-state index contributed by atoms with van der Waals surface area (Å²) in [5, 5.41) is 17.9. The van der Waals surface area contributed by atoms with Gasteiger partial charge in [0.1, 0.15) is 0 Å². The molecule has 0 amide bonds. The summed E-state index contributed by atoms with van der Waals surface area (Å²) < 4.78 is 0. The number of hydrogen-bond donors (Lipinski definition) is 0. The van der Waals surface area contributed by atoms with Crippen molar-refractivity contribution < 1.29 is 4.92 Å². The molecule has 1 atom stereocenters. The van der Waals surface area contributed by atoms with Crippen LogP contribution in [0, 0.1) is 17.0 Å². The summed E-state index contributed by atoms with van der Waals surface area (Å²) in [5.41, 5.74) is 4.14. The lowest BCUT2D eigenvalue weighted by Crippen LogP contribution is -2.18. The van der Waals surface area contributed by atoms with Crippen molar-refractivity contribution in [3.63, 3.8) is 0 Å². The molecule has 0 fully saturated rings. The monoisotopic (exact) mass is 411 g/mol. The Bertz CT molecular complexity index is 1030. The Balaban J connectivity index is 1.76. The van der Waals surface area contributed by atoms with E-state index >= 15 is 0 Å². The Labute approximate surface area is 172 Å². The Kier molecular flexibility index (Phi) is 5.15. The van der Waals surface area contributed by atoms with Gasteiger partial charge in [-0.05, 0) is 30.7 Å². The van der Waals surface area contributed by atoms with Gasteiger partial charge in [0.25, 0.3) is 5.69 Å². The minimum absolute atomic E-state index is 0.0287. The number of thiophene rings is 1. The van der Waals surface area contributed by atoms with Gasteiger partial charge in [-0.1, -0.05) is 30.3 Å². The summed E-state index contributed by atoms with van der Waals surface area (Å²) in [7, 11) is 0. The molecule has 0 aliphatic carbocycles. The van der Waals surface area contributed by atoms with Crippen LogP contribution in [0.1, 0.15) is 33.3 Å². The predicted molar refractivity (Wildman–Crippen MR) is 115 cm³/mol. The van der Waals surface area contributed by atoms with E-state index in [0.29, 0.717) is 5.88 Å². The van der Waals surface area contributed by atoms with E-state index in [0.717, 1.165) is 33.8 Å². The maximum absolute atomic E-state index is 11.0. The minimum Gasteiger partial charge on any atom is -0.258 e. The Morgan fingerprint density at radius 2 is 1.93 bits per heavy atom. The van der Waals surface area contributed by atoms with Gasteiger partial charge in [-0.3, -0.25) is 15.1 Å². The molecule has 3 aromatic rings. The second kappa shape index (κ2) is 7.73. The van der Waals surface area contributed by atoms with Crippen LogP contribution in [0.5, 0.6) is 0 Å². The highest BCUT2D eigenvalue weighted by Gasteiger charge is 2.31. The van der Waals surface area contributed by atoms with E-state index in [4.69, 9.17) is 16.7 Å². The molecule has 0 N–H and O–H groups in total. The first-order valence-electron chi connectivity index (χ1n) is 8.88. The van der Waals surface area contributed by atoms with Gasteiger partial charge < -0.3 is 0 Å². The molecular weight excluding hydrogens is 394 g/mol. The van der Waals surface area contributed by atoms with Crippen LogP contribution in [0.25, 0.3) is 0 Å². The molecule has 1 aliphatic heterocycles. The van der Waals surface area contributed by atoms with Crippen molar-refractivity contribution >= 4 is 40.0 Å². The molecule has 0 saturated heterocycles. The van der Waals surface area contributed by atoms with Crippen LogP contribution in [0.15, 0.2) is 65.8 Å². The van der Waals surface area contributed by atoms with Crippen LogP contribution in [-0.4, -0.2) is 10.6 Å². The normalized spacial score (nSPS) is 16.3. The summed E-state index contributed by atoms with van der Waals surface area (Å²) in [6, 6.07) is 18.9. The number of halogens is 1. The molecule has 0 radical (unpaired) electrons. The first-order chi connectivity index (χ1) is 13.6. The van der Waals surface area contributed by atoms with E-state index in [2.05, 4.69) is 25.1 Å². The number of hydrazone groups is 1. The average Bonchev–Trinajstić information content (AvgIpc) is 3.32. The fourth-order valence-corrected chi connectivity index (χ4v) is 4.69. The first-order valence-corrected chi connectivity index (χ1v) is 10.2. The quantitative estimate of drug-likeness (QED) is 0.291. The van der Waals surface area contributed by atoms with Crippen LogP contribution in [-0.2, 0) is 5.88 Å². The first kappa shape index (κ1) is 18.7. The summed E-state index contributed by atoms with van der Waals surface area (Å²) in [6.45, 7) is 2.07. The van der Waals surface area contributed by atoms with Crippen molar-refractivity contribution in [1.82, 2.24) is 0 Å². The molecule has 28 heavy (non-hydrogen) atoms. The number of non-ortho nitro benzene ring substituents is 1. The molecule has 0 unspecified atom stereocenters. The molecule has 0 bridgehead atoms. The molecule has 142 valence electrons. The molecule has 2 aromatic carbocycles. The predicted octanol–water partition coefficient (Wildman–Crippen LogP) is 6.06. The zero-order valence-electron chi connectivity index (χ0n) is 15.2. The zero-order valence-corrected chi connectivity index (χ0v) is 16.8. The third-order valence-corrected chi connectivity index (χ3v) is 6.26. The molecule has 1 aromatic heterocycles. The fourth-order valence-electron chi connectivity index (χ4n) is 3.48. The maximum atomic E-state index is 11.0. The minimum atomic E-state index is -0.391. The smallest absolute Gasteiger partial charge is 0.258 e. The van der Waals surface area contributed by atoms with Gasteiger partial charge in [0, 0.05) is 33.9 Å². The van der Waals surface area contributed by atoms with Gasteiger partial charge >= 0.3 is 0 Å². The van der Waals surface area contributed by atoms with Gasteiger partial charge in [0.05, 0.1) is 28.2 Å². The highest BCUT2D eigenvalue weighted by atomic mass is 35.5. The lowest BCUT2D eigenvalue weighted by molar-refractivity contribution is -0.384. The van der Waals surface area contributed by atoms with E-state index in [-0.39, 0.29) is 11.7 Å². The largest absolute Gasteiger partial charge is 0.269 e. The van der Waals surface area contributed by atoms with Crippen molar-refractivity contribution in [3.05, 3.63) is 91.7 Å². The van der Waals surface area contributed by atoms with E-state index in [1.165, 1.54) is 17.0 Å². The summed E-state index contributed by atoms with van der Waals surface area (Å²) >= 11 is 7.85. The van der Waals surface area contributed by atoms with Gasteiger partial charge in [0.2, 0.25) is 0 Å². The average molecular weight is 412 g/mol. The molecule has 4 rings (SSSR count). The lowest BCUT2D eigenvalue weighted by atomic mass is 9.98. The number of hydrogen-bond acceptors (Lipinski definition) is 5. The number of nitro benzene ring substituents is 1. The van der Waals surface area contributed by atoms with Crippen molar-refractivity contribution in [1.29, 1.82) is 0 Å². The third-order valence-electron chi connectivity index (χ3n) is 4.78. The number of nitrogens with zero attached hydrogens (tertiary/aromatic N) is 3. The van der Waals surface area contributed by atoms with Gasteiger partial charge in [-0.25, -0.2) is 0 Å². The molecule has 5 nitrogen and oxygen atoms in total. The SMILES string of the molecule is Cc1cc(C2=NN(c3ccc([N+](=O)[O-])cc3)[C@H](c3ccccc3)C2)c(CCl)s1. The summed E-state index contributed by atoms with van der Waals surface area (Å²) in [5.74, 6) is 0.459. The van der Waals surface area contributed by atoms with Crippen LogP contribution in [0.4, 0.5) is 11.4 Å². The number of anilines is 1.